The van der Waals surface area contributed by atoms with Crippen molar-refractivity contribution in [2.75, 3.05) is 19.7 Å². The minimum Gasteiger partial charge on any atom is -0.494 e. The van der Waals surface area contributed by atoms with E-state index in [0.717, 1.165) is 28.2 Å². The number of imide groups is 2. The quantitative estimate of drug-likeness (QED) is 0.396. The standard InChI is InChI=1S/C20H23N3O6/c1-4-6-22-18(25)19(26)23(20(22)27)11-17(24)21-10-14-9-16-13(7-12(3)29-16)8-15(14)28-5-2/h4,8-9,12H,1,5-7,10-11H2,2-3H3,(H,21,24)/t12-/m0/s1. The summed E-state index contributed by atoms with van der Waals surface area (Å²) in [6, 6.07) is 2.90. The molecular weight excluding hydrogens is 378 g/mol. The highest BCUT2D eigenvalue weighted by Gasteiger charge is 2.44. The predicted octanol–water partition coefficient (Wildman–Crippen LogP) is 1.00. The largest absolute Gasteiger partial charge is 0.494 e. The zero-order valence-corrected chi connectivity index (χ0v) is 16.4. The molecule has 2 aliphatic heterocycles. The van der Waals surface area contributed by atoms with Crippen molar-refractivity contribution >= 4 is 23.8 Å². The normalized spacial score (nSPS) is 18.0. The summed E-state index contributed by atoms with van der Waals surface area (Å²) in [7, 11) is 0. The molecule has 0 saturated carbocycles. The van der Waals surface area contributed by atoms with Gasteiger partial charge in [-0.1, -0.05) is 6.08 Å². The maximum Gasteiger partial charge on any atom is 0.335 e. The van der Waals surface area contributed by atoms with E-state index in [2.05, 4.69) is 11.9 Å². The van der Waals surface area contributed by atoms with Crippen LogP contribution in [-0.4, -0.2) is 59.4 Å². The van der Waals surface area contributed by atoms with Crippen LogP contribution >= 0.6 is 0 Å². The molecular formula is C20H23N3O6. The average Bonchev–Trinajstić information content (AvgIpc) is 3.13. The minimum atomic E-state index is -1.03. The number of fused-ring (bicyclic) bond motifs is 1. The second kappa shape index (κ2) is 8.34. The van der Waals surface area contributed by atoms with Gasteiger partial charge in [-0.3, -0.25) is 19.3 Å². The topological polar surface area (TPSA) is 105 Å². The first-order valence-corrected chi connectivity index (χ1v) is 9.35. The lowest BCUT2D eigenvalue weighted by molar-refractivity contribution is -0.143. The van der Waals surface area contributed by atoms with Gasteiger partial charge in [-0.2, -0.15) is 0 Å². The summed E-state index contributed by atoms with van der Waals surface area (Å²) in [5.74, 6) is -1.17. The second-order valence-electron chi connectivity index (χ2n) is 6.79. The van der Waals surface area contributed by atoms with Crippen molar-refractivity contribution in [3.63, 3.8) is 0 Å². The lowest BCUT2D eigenvalue weighted by Crippen LogP contribution is -2.41. The third-order valence-electron chi connectivity index (χ3n) is 4.60. The number of hydrogen-bond acceptors (Lipinski definition) is 6. The number of hydrogen-bond donors (Lipinski definition) is 1. The molecule has 0 radical (unpaired) electrons. The van der Waals surface area contributed by atoms with Crippen LogP contribution in [0.25, 0.3) is 0 Å². The molecule has 3 rings (SSSR count). The number of carbonyl (C=O) groups is 4. The number of ether oxygens (including phenoxy) is 2. The third-order valence-corrected chi connectivity index (χ3v) is 4.60. The Hall–Kier alpha value is -3.36. The van der Waals surface area contributed by atoms with E-state index in [1.807, 2.05) is 26.0 Å². The maximum atomic E-state index is 12.3. The van der Waals surface area contributed by atoms with Crippen LogP contribution in [0.2, 0.25) is 0 Å². The Kier molecular flexibility index (Phi) is 5.86. The van der Waals surface area contributed by atoms with Gasteiger partial charge >= 0.3 is 17.8 Å². The number of nitrogens with one attached hydrogen (secondary N) is 1. The van der Waals surface area contributed by atoms with Crippen molar-refractivity contribution in [3.05, 3.63) is 35.9 Å². The smallest absolute Gasteiger partial charge is 0.335 e. The Morgan fingerprint density at radius 2 is 2.03 bits per heavy atom. The van der Waals surface area contributed by atoms with E-state index in [1.54, 1.807) is 0 Å². The molecule has 1 atom stereocenters. The predicted molar refractivity (Wildman–Crippen MR) is 102 cm³/mol. The number of carbonyl (C=O) groups excluding carboxylic acids is 4. The van der Waals surface area contributed by atoms with Crippen LogP contribution < -0.4 is 14.8 Å². The van der Waals surface area contributed by atoms with Gasteiger partial charge < -0.3 is 14.8 Å². The third kappa shape index (κ3) is 4.08. The van der Waals surface area contributed by atoms with Crippen LogP contribution in [0.3, 0.4) is 0 Å². The van der Waals surface area contributed by atoms with Crippen molar-refractivity contribution in [1.82, 2.24) is 15.1 Å². The van der Waals surface area contributed by atoms with Crippen LogP contribution in [0, 0.1) is 0 Å². The van der Waals surface area contributed by atoms with Gasteiger partial charge in [-0.25, -0.2) is 9.69 Å². The highest BCUT2D eigenvalue weighted by Crippen LogP contribution is 2.35. The molecule has 154 valence electrons. The summed E-state index contributed by atoms with van der Waals surface area (Å²) in [5.41, 5.74) is 1.77. The van der Waals surface area contributed by atoms with Gasteiger partial charge in [0, 0.05) is 30.6 Å². The molecule has 9 nitrogen and oxygen atoms in total. The maximum absolute atomic E-state index is 12.3. The lowest BCUT2D eigenvalue weighted by atomic mass is 10.1. The molecule has 5 amide bonds. The Bertz CT molecular complexity index is 881. The van der Waals surface area contributed by atoms with Crippen molar-refractivity contribution in [2.45, 2.75) is 32.9 Å². The molecule has 2 aliphatic rings. The zero-order chi connectivity index (χ0) is 21.1. The molecule has 0 bridgehead atoms. The van der Waals surface area contributed by atoms with Gasteiger partial charge in [0.2, 0.25) is 5.91 Å². The summed E-state index contributed by atoms with van der Waals surface area (Å²) >= 11 is 0. The van der Waals surface area contributed by atoms with Crippen LogP contribution in [0.4, 0.5) is 4.79 Å². The van der Waals surface area contributed by atoms with Crippen LogP contribution in [0.5, 0.6) is 11.5 Å². The molecule has 0 aliphatic carbocycles. The van der Waals surface area contributed by atoms with Gasteiger partial charge in [-0.05, 0) is 26.0 Å². The molecule has 1 aromatic rings. The molecule has 0 unspecified atom stereocenters. The van der Waals surface area contributed by atoms with E-state index in [1.165, 1.54) is 6.08 Å². The first-order valence-electron chi connectivity index (χ1n) is 9.35. The van der Waals surface area contributed by atoms with Crippen LogP contribution in [-0.2, 0) is 27.3 Å². The van der Waals surface area contributed by atoms with E-state index in [0.29, 0.717) is 17.3 Å². The fourth-order valence-electron chi connectivity index (χ4n) is 3.28. The number of urea groups is 1. The summed E-state index contributed by atoms with van der Waals surface area (Å²) in [6.07, 6.45) is 2.20. The summed E-state index contributed by atoms with van der Waals surface area (Å²) in [5, 5.41) is 2.66. The first-order chi connectivity index (χ1) is 13.8. The fraction of sp³-hybridized carbons (Fsp3) is 0.400. The Morgan fingerprint density at radius 1 is 1.31 bits per heavy atom. The van der Waals surface area contributed by atoms with E-state index >= 15 is 0 Å². The Labute approximate surface area is 168 Å². The summed E-state index contributed by atoms with van der Waals surface area (Å²) in [4.78, 5) is 49.7. The monoisotopic (exact) mass is 401 g/mol. The number of benzene rings is 1. The molecule has 1 saturated heterocycles. The molecule has 9 heteroatoms. The highest BCUT2D eigenvalue weighted by atomic mass is 16.5. The van der Waals surface area contributed by atoms with E-state index < -0.39 is 30.3 Å². The molecule has 0 aromatic heterocycles. The van der Waals surface area contributed by atoms with Crippen molar-refractivity contribution in [1.29, 1.82) is 0 Å². The average molecular weight is 401 g/mol. The van der Waals surface area contributed by atoms with Crippen LogP contribution in [0.15, 0.2) is 24.8 Å². The Morgan fingerprint density at radius 3 is 2.72 bits per heavy atom. The SMILES string of the molecule is C=CCN1C(=O)C(=O)N(CC(=O)NCc2cc3c(cc2OCC)C[C@H](C)O3)C1=O. The molecule has 1 aromatic carbocycles. The van der Waals surface area contributed by atoms with Crippen LogP contribution in [0.1, 0.15) is 25.0 Å². The number of rotatable bonds is 8. The number of nitrogens with zero attached hydrogens (tertiary/aromatic N) is 2. The van der Waals surface area contributed by atoms with Crippen molar-refractivity contribution in [2.24, 2.45) is 0 Å². The molecule has 29 heavy (non-hydrogen) atoms. The summed E-state index contributed by atoms with van der Waals surface area (Å²) < 4.78 is 11.4. The van der Waals surface area contributed by atoms with Crippen molar-refractivity contribution < 1.29 is 28.7 Å². The van der Waals surface area contributed by atoms with E-state index in [4.69, 9.17) is 9.47 Å². The Balaban J connectivity index is 1.66. The van der Waals surface area contributed by atoms with Crippen molar-refractivity contribution in [3.8, 4) is 11.5 Å². The molecule has 2 heterocycles. The highest BCUT2D eigenvalue weighted by molar-refractivity contribution is 6.45. The lowest BCUT2D eigenvalue weighted by Gasteiger charge is -2.16. The van der Waals surface area contributed by atoms with E-state index in [9.17, 15) is 19.2 Å². The van der Waals surface area contributed by atoms with Gasteiger partial charge in [0.15, 0.2) is 0 Å². The fourth-order valence-corrected chi connectivity index (χ4v) is 3.28. The first kappa shape index (κ1) is 20.4. The minimum absolute atomic E-state index is 0.0764. The molecule has 0 spiro atoms. The van der Waals surface area contributed by atoms with Gasteiger partial charge in [0.05, 0.1) is 6.61 Å². The molecule has 1 fully saturated rings. The molecule has 1 N–H and O–H groups in total. The number of amides is 5. The van der Waals surface area contributed by atoms with Gasteiger partial charge in [0.1, 0.15) is 24.1 Å². The van der Waals surface area contributed by atoms with E-state index in [-0.39, 0.29) is 19.2 Å². The summed E-state index contributed by atoms with van der Waals surface area (Å²) in [6.45, 7) is 7.24. The second-order valence-corrected chi connectivity index (χ2v) is 6.79. The van der Waals surface area contributed by atoms with Gasteiger partial charge in [-0.15, -0.1) is 6.58 Å². The zero-order valence-electron chi connectivity index (χ0n) is 16.4. The van der Waals surface area contributed by atoms with Gasteiger partial charge in [0.25, 0.3) is 0 Å².